The molecule has 0 unspecified atom stereocenters. The second-order valence-electron chi connectivity index (χ2n) is 4.49. The Morgan fingerprint density at radius 2 is 1.84 bits per heavy atom. The molecule has 0 atom stereocenters. The summed E-state index contributed by atoms with van der Waals surface area (Å²) < 4.78 is 5.07. The van der Waals surface area contributed by atoms with Crippen LogP contribution in [0.25, 0.3) is 5.57 Å². The molecule has 0 aliphatic rings. The van der Waals surface area contributed by atoms with Crippen LogP contribution in [0.1, 0.15) is 44.6 Å². The van der Waals surface area contributed by atoms with Crippen LogP contribution in [0.3, 0.4) is 0 Å². The van der Waals surface area contributed by atoms with Gasteiger partial charge in [-0.25, -0.2) is 4.79 Å². The van der Waals surface area contributed by atoms with Gasteiger partial charge in [-0.3, -0.25) is 0 Å². The zero-order chi connectivity index (χ0) is 14.1. The molecule has 3 heteroatoms. The first kappa shape index (κ1) is 15.3. The number of hydrogen-bond acceptors (Lipinski definition) is 2. The zero-order valence-corrected chi connectivity index (χ0v) is 11.7. The normalized spacial score (nSPS) is 11.9. The van der Waals surface area contributed by atoms with Gasteiger partial charge in [-0.1, -0.05) is 56.5 Å². The van der Waals surface area contributed by atoms with Crippen molar-refractivity contribution in [2.24, 2.45) is 0 Å². The summed E-state index contributed by atoms with van der Waals surface area (Å²) in [5.41, 5.74) is 1.71. The molecule has 0 fully saturated rings. The molecule has 0 aromatic heterocycles. The van der Waals surface area contributed by atoms with Crippen LogP contribution in [-0.2, 0) is 9.53 Å². The number of unbranched alkanes of at least 4 members (excludes halogenated alkanes) is 3. The van der Waals surface area contributed by atoms with Gasteiger partial charge in [0.05, 0.1) is 7.11 Å². The molecular weight excluding hydrogens is 240 g/mol. The molecule has 1 aromatic carbocycles. The van der Waals surface area contributed by atoms with Crippen molar-refractivity contribution < 1.29 is 14.6 Å². The third-order valence-electron chi connectivity index (χ3n) is 3.08. The van der Waals surface area contributed by atoms with E-state index in [0.717, 1.165) is 30.4 Å². The first-order valence-corrected chi connectivity index (χ1v) is 6.76. The molecule has 0 aliphatic heterocycles. The highest BCUT2D eigenvalue weighted by Crippen LogP contribution is 2.25. The molecule has 19 heavy (non-hydrogen) atoms. The van der Waals surface area contributed by atoms with Crippen LogP contribution in [0.4, 0.5) is 0 Å². The molecule has 0 saturated carbocycles. The minimum Gasteiger partial charge on any atom is -0.490 e. The lowest BCUT2D eigenvalue weighted by Crippen LogP contribution is -2.06. The van der Waals surface area contributed by atoms with Gasteiger partial charge in [-0.05, 0) is 18.4 Å². The van der Waals surface area contributed by atoms with Gasteiger partial charge in [0, 0.05) is 5.57 Å². The van der Waals surface area contributed by atoms with Crippen LogP contribution >= 0.6 is 0 Å². The van der Waals surface area contributed by atoms with Crippen LogP contribution in [0.5, 0.6) is 0 Å². The number of aliphatic carboxylic acids is 1. The standard InChI is InChI=1S/C16H22O3/c1-3-4-5-9-12-14(15(19-2)16(17)18)13-10-7-6-8-11-13/h6-8,10-11H,3-5,9,12H2,1-2H3,(H,17,18). The second-order valence-corrected chi connectivity index (χ2v) is 4.49. The molecule has 1 rings (SSSR count). The van der Waals surface area contributed by atoms with Crippen LogP contribution in [0.15, 0.2) is 36.1 Å². The molecule has 104 valence electrons. The molecule has 1 N–H and O–H groups in total. The average molecular weight is 262 g/mol. The van der Waals surface area contributed by atoms with Crippen molar-refractivity contribution in [2.45, 2.75) is 39.0 Å². The Kier molecular flexibility index (Phi) is 6.72. The van der Waals surface area contributed by atoms with Crippen molar-refractivity contribution in [3.63, 3.8) is 0 Å². The van der Waals surface area contributed by atoms with Gasteiger partial charge < -0.3 is 9.84 Å². The van der Waals surface area contributed by atoms with Crippen molar-refractivity contribution in [2.75, 3.05) is 7.11 Å². The van der Waals surface area contributed by atoms with E-state index in [9.17, 15) is 9.90 Å². The number of hydrogen-bond donors (Lipinski definition) is 1. The molecule has 0 radical (unpaired) electrons. The Labute approximate surface area is 114 Å². The molecule has 0 spiro atoms. The van der Waals surface area contributed by atoms with Gasteiger partial charge in [0.2, 0.25) is 5.76 Å². The number of carbonyl (C=O) groups is 1. The lowest BCUT2D eigenvalue weighted by Gasteiger charge is -2.12. The second kappa shape index (κ2) is 8.35. The summed E-state index contributed by atoms with van der Waals surface area (Å²) in [4.78, 5) is 11.3. The zero-order valence-electron chi connectivity index (χ0n) is 11.7. The van der Waals surface area contributed by atoms with Crippen molar-refractivity contribution in [3.05, 3.63) is 41.7 Å². The monoisotopic (exact) mass is 262 g/mol. The highest BCUT2D eigenvalue weighted by Gasteiger charge is 2.16. The first-order valence-electron chi connectivity index (χ1n) is 6.76. The van der Waals surface area contributed by atoms with Gasteiger partial charge in [0.25, 0.3) is 0 Å². The van der Waals surface area contributed by atoms with E-state index in [1.807, 2.05) is 30.3 Å². The summed E-state index contributed by atoms with van der Waals surface area (Å²) in [6, 6.07) is 9.60. The van der Waals surface area contributed by atoms with Gasteiger partial charge in [0.15, 0.2) is 0 Å². The molecule has 0 aliphatic carbocycles. The Bertz CT molecular complexity index is 421. The molecular formula is C16H22O3. The fourth-order valence-electron chi connectivity index (χ4n) is 2.10. The molecule has 0 bridgehead atoms. The number of rotatable bonds is 8. The van der Waals surface area contributed by atoms with E-state index in [4.69, 9.17) is 4.74 Å². The summed E-state index contributed by atoms with van der Waals surface area (Å²) in [5, 5.41) is 9.22. The van der Waals surface area contributed by atoms with Gasteiger partial charge >= 0.3 is 5.97 Å². The lowest BCUT2D eigenvalue weighted by molar-refractivity contribution is -0.135. The van der Waals surface area contributed by atoms with E-state index in [0.29, 0.717) is 0 Å². The average Bonchev–Trinajstić information content (AvgIpc) is 2.43. The molecule has 0 heterocycles. The lowest BCUT2D eigenvalue weighted by atomic mass is 9.98. The third-order valence-corrected chi connectivity index (χ3v) is 3.08. The van der Waals surface area contributed by atoms with Crippen molar-refractivity contribution in [3.8, 4) is 0 Å². The largest absolute Gasteiger partial charge is 0.490 e. The minimum absolute atomic E-state index is 0.0581. The number of ether oxygens (including phenoxy) is 1. The minimum atomic E-state index is -1.00. The number of carboxylic acid groups (broad SMARTS) is 1. The van der Waals surface area contributed by atoms with Gasteiger partial charge in [-0.2, -0.15) is 0 Å². The topological polar surface area (TPSA) is 46.5 Å². The summed E-state index contributed by atoms with van der Waals surface area (Å²) in [6.07, 6.45) is 5.18. The van der Waals surface area contributed by atoms with Crippen molar-refractivity contribution in [1.82, 2.24) is 0 Å². The number of carboxylic acids is 1. The Morgan fingerprint density at radius 3 is 2.37 bits per heavy atom. The van der Waals surface area contributed by atoms with Gasteiger partial charge in [0.1, 0.15) is 0 Å². The van der Waals surface area contributed by atoms with E-state index in [-0.39, 0.29) is 5.76 Å². The van der Waals surface area contributed by atoms with Crippen LogP contribution in [0.2, 0.25) is 0 Å². The smallest absolute Gasteiger partial charge is 0.371 e. The fourth-order valence-corrected chi connectivity index (χ4v) is 2.10. The highest BCUT2D eigenvalue weighted by molar-refractivity contribution is 5.94. The SMILES string of the molecule is CCCCCCC(=C(OC)C(=O)O)c1ccccc1. The Morgan fingerprint density at radius 1 is 1.16 bits per heavy atom. The fraction of sp³-hybridized carbons (Fsp3) is 0.438. The molecule has 1 aromatic rings. The van der Waals surface area contributed by atoms with Crippen LogP contribution in [0, 0.1) is 0 Å². The number of benzene rings is 1. The van der Waals surface area contributed by atoms with Crippen LogP contribution < -0.4 is 0 Å². The predicted octanol–water partition coefficient (Wildman–Crippen LogP) is 4.10. The Hall–Kier alpha value is -1.77. The number of allylic oxidation sites excluding steroid dienone is 1. The Balaban J connectivity index is 2.94. The van der Waals surface area contributed by atoms with E-state index in [1.165, 1.54) is 20.0 Å². The summed E-state index contributed by atoms with van der Waals surface area (Å²) in [6.45, 7) is 2.16. The van der Waals surface area contributed by atoms with Crippen LogP contribution in [-0.4, -0.2) is 18.2 Å². The van der Waals surface area contributed by atoms with Crippen molar-refractivity contribution in [1.29, 1.82) is 0 Å². The maximum Gasteiger partial charge on any atom is 0.371 e. The summed E-state index contributed by atoms with van der Waals surface area (Å²) in [5.74, 6) is -0.945. The van der Waals surface area contributed by atoms with Gasteiger partial charge in [-0.15, -0.1) is 0 Å². The number of methoxy groups -OCH3 is 1. The third kappa shape index (κ3) is 4.78. The van der Waals surface area contributed by atoms with E-state index >= 15 is 0 Å². The molecule has 0 saturated heterocycles. The summed E-state index contributed by atoms with van der Waals surface area (Å²) in [7, 11) is 1.42. The summed E-state index contributed by atoms with van der Waals surface area (Å²) >= 11 is 0. The molecule has 0 amide bonds. The maximum absolute atomic E-state index is 11.3. The van der Waals surface area contributed by atoms with Crippen molar-refractivity contribution >= 4 is 11.5 Å². The quantitative estimate of drug-likeness (QED) is 0.436. The predicted molar refractivity (Wildman–Crippen MR) is 76.8 cm³/mol. The highest BCUT2D eigenvalue weighted by atomic mass is 16.5. The molecule has 3 nitrogen and oxygen atoms in total. The van der Waals surface area contributed by atoms with E-state index in [2.05, 4.69) is 6.92 Å². The van der Waals surface area contributed by atoms with E-state index in [1.54, 1.807) is 0 Å². The first-order chi connectivity index (χ1) is 9.20. The maximum atomic E-state index is 11.3. The van der Waals surface area contributed by atoms with E-state index < -0.39 is 5.97 Å².